The molecule has 2 aliphatic heterocycles. The molecule has 0 aliphatic carbocycles. The molecule has 4 rings (SSSR count). The van der Waals surface area contributed by atoms with Gasteiger partial charge in [0.1, 0.15) is 11.9 Å². The van der Waals surface area contributed by atoms with Crippen LogP contribution in [0.15, 0.2) is 29.6 Å². The van der Waals surface area contributed by atoms with Crippen LogP contribution in [0.2, 0.25) is 0 Å². The second kappa shape index (κ2) is 4.80. The minimum atomic E-state index is 0.396. The second-order valence-corrected chi connectivity index (χ2v) is 6.77. The zero-order chi connectivity index (χ0) is 12.7. The van der Waals surface area contributed by atoms with Gasteiger partial charge >= 0.3 is 0 Å². The molecule has 3 heterocycles. The molecule has 0 radical (unpaired) electrons. The molecule has 0 spiro atoms. The quantitative estimate of drug-likeness (QED) is 0.894. The molecule has 0 amide bonds. The van der Waals surface area contributed by atoms with E-state index in [0.717, 1.165) is 18.6 Å². The minimum Gasteiger partial charge on any atom is -0.490 e. The van der Waals surface area contributed by atoms with E-state index >= 15 is 0 Å². The lowest BCUT2D eigenvalue weighted by molar-refractivity contribution is 0.0928. The van der Waals surface area contributed by atoms with Gasteiger partial charge in [-0.1, -0.05) is 6.42 Å². The van der Waals surface area contributed by atoms with Crippen molar-refractivity contribution >= 4 is 21.4 Å². The third-order valence-corrected chi connectivity index (χ3v) is 5.30. The molecule has 1 N–H and O–H groups in total. The predicted molar refractivity (Wildman–Crippen MR) is 80.0 cm³/mol. The number of nitrogens with one attached hydrogen (secondary N) is 1. The Hall–Kier alpha value is -1.06. The number of thiophene rings is 1. The Kier molecular flexibility index (Phi) is 2.97. The van der Waals surface area contributed by atoms with E-state index in [1.54, 1.807) is 11.3 Å². The van der Waals surface area contributed by atoms with Gasteiger partial charge in [0.25, 0.3) is 0 Å². The number of hydrogen-bond donors (Lipinski definition) is 1. The summed E-state index contributed by atoms with van der Waals surface area (Å²) >= 11 is 1.79. The van der Waals surface area contributed by atoms with E-state index in [2.05, 4.69) is 35.0 Å². The van der Waals surface area contributed by atoms with E-state index < -0.39 is 0 Å². The molecule has 2 bridgehead atoms. The van der Waals surface area contributed by atoms with Crippen molar-refractivity contribution in [3.8, 4) is 5.75 Å². The zero-order valence-corrected chi connectivity index (χ0v) is 11.8. The van der Waals surface area contributed by atoms with E-state index in [1.807, 2.05) is 0 Å². The van der Waals surface area contributed by atoms with Crippen LogP contribution < -0.4 is 10.1 Å². The summed E-state index contributed by atoms with van der Waals surface area (Å²) in [5.41, 5.74) is 0. The highest BCUT2D eigenvalue weighted by Gasteiger charge is 2.32. The van der Waals surface area contributed by atoms with Gasteiger partial charge in [0.05, 0.1) is 0 Å². The van der Waals surface area contributed by atoms with Crippen molar-refractivity contribution in [3.63, 3.8) is 0 Å². The summed E-state index contributed by atoms with van der Waals surface area (Å²) in [6, 6.07) is 10.0. The van der Waals surface area contributed by atoms with Gasteiger partial charge in [0, 0.05) is 16.8 Å². The fraction of sp³-hybridized carbons (Fsp3) is 0.500. The van der Waals surface area contributed by atoms with Crippen LogP contribution in [0.1, 0.15) is 32.1 Å². The SMILES string of the molecule is c1cc2cc(OC3C[C@H]4CCC[C@@H](C3)N4)ccc2s1. The van der Waals surface area contributed by atoms with E-state index in [4.69, 9.17) is 4.74 Å². The Morgan fingerprint density at radius 1 is 1.11 bits per heavy atom. The van der Waals surface area contributed by atoms with Crippen molar-refractivity contribution in [2.75, 3.05) is 0 Å². The Balaban J connectivity index is 1.51. The summed E-state index contributed by atoms with van der Waals surface area (Å²) in [7, 11) is 0. The summed E-state index contributed by atoms with van der Waals surface area (Å²) in [6.45, 7) is 0. The lowest BCUT2D eigenvalue weighted by atomic mass is 9.85. The Morgan fingerprint density at radius 2 is 1.95 bits per heavy atom. The highest BCUT2D eigenvalue weighted by atomic mass is 32.1. The maximum atomic E-state index is 6.23. The second-order valence-electron chi connectivity index (χ2n) is 5.82. The van der Waals surface area contributed by atoms with Gasteiger partial charge in [0.15, 0.2) is 0 Å². The maximum Gasteiger partial charge on any atom is 0.120 e. The van der Waals surface area contributed by atoms with Gasteiger partial charge in [0.2, 0.25) is 0 Å². The molecule has 1 unspecified atom stereocenters. The predicted octanol–water partition coefficient (Wildman–Crippen LogP) is 3.95. The van der Waals surface area contributed by atoms with Crippen LogP contribution in [0.3, 0.4) is 0 Å². The van der Waals surface area contributed by atoms with E-state index in [9.17, 15) is 0 Å². The molecule has 3 atom stereocenters. The van der Waals surface area contributed by atoms with E-state index in [1.165, 1.54) is 29.3 Å². The Labute approximate surface area is 117 Å². The molecule has 3 heteroatoms. The van der Waals surface area contributed by atoms with Crippen LogP contribution in [0.25, 0.3) is 10.1 Å². The monoisotopic (exact) mass is 273 g/mol. The van der Waals surface area contributed by atoms with Gasteiger partial charge in [-0.3, -0.25) is 0 Å². The van der Waals surface area contributed by atoms with Crippen LogP contribution in [0.4, 0.5) is 0 Å². The normalized spacial score (nSPS) is 30.4. The number of fused-ring (bicyclic) bond motifs is 3. The molecule has 100 valence electrons. The van der Waals surface area contributed by atoms with Crippen molar-refractivity contribution in [1.82, 2.24) is 5.32 Å². The average molecular weight is 273 g/mol. The molecular formula is C16H19NOS. The topological polar surface area (TPSA) is 21.3 Å². The summed E-state index contributed by atoms with van der Waals surface area (Å²) in [4.78, 5) is 0. The first kappa shape index (κ1) is 11.7. The van der Waals surface area contributed by atoms with E-state index in [-0.39, 0.29) is 0 Å². The third kappa shape index (κ3) is 2.37. The van der Waals surface area contributed by atoms with Crippen LogP contribution in [0.5, 0.6) is 5.75 Å². The van der Waals surface area contributed by atoms with Gasteiger partial charge in [-0.2, -0.15) is 0 Å². The lowest BCUT2D eigenvalue weighted by Crippen LogP contribution is -2.51. The fourth-order valence-corrected chi connectivity index (χ4v) is 4.29. The van der Waals surface area contributed by atoms with Crippen molar-refractivity contribution < 1.29 is 4.74 Å². The van der Waals surface area contributed by atoms with Crippen LogP contribution in [0, 0.1) is 0 Å². The molecule has 2 aliphatic rings. The number of ether oxygens (including phenoxy) is 1. The molecule has 2 fully saturated rings. The first-order chi connectivity index (χ1) is 9.37. The van der Waals surface area contributed by atoms with Crippen molar-refractivity contribution in [1.29, 1.82) is 0 Å². The molecule has 2 nitrogen and oxygen atoms in total. The van der Waals surface area contributed by atoms with Crippen LogP contribution >= 0.6 is 11.3 Å². The minimum absolute atomic E-state index is 0.396. The Bertz CT molecular complexity index is 567. The fourth-order valence-electron chi connectivity index (χ4n) is 3.52. The van der Waals surface area contributed by atoms with Crippen LogP contribution in [-0.4, -0.2) is 18.2 Å². The summed E-state index contributed by atoms with van der Waals surface area (Å²) in [5, 5.41) is 7.16. The molecule has 1 aromatic carbocycles. The number of rotatable bonds is 2. The average Bonchev–Trinajstić information content (AvgIpc) is 2.85. The number of benzene rings is 1. The van der Waals surface area contributed by atoms with Gasteiger partial charge < -0.3 is 10.1 Å². The first-order valence-electron chi connectivity index (χ1n) is 7.27. The molecular weight excluding hydrogens is 254 g/mol. The standard InChI is InChI=1S/C16H19NOS/c1-2-12-9-15(10-13(3-1)17-12)18-14-4-5-16-11(8-14)6-7-19-16/h4-8,12-13,15,17H,1-3,9-10H2/t12-,13+,15?. The molecule has 2 aromatic rings. The highest BCUT2D eigenvalue weighted by molar-refractivity contribution is 7.17. The van der Waals surface area contributed by atoms with Gasteiger partial charge in [-0.15, -0.1) is 11.3 Å². The van der Waals surface area contributed by atoms with Gasteiger partial charge in [-0.25, -0.2) is 0 Å². The lowest BCUT2D eigenvalue weighted by Gasteiger charge is -2.40. The molecule has 0 saturated carbocycles. The van der Waals surface area contributed by atoms with Crippen molar-refractivity contribution in [2.24, 2.45) is 0 Å². The highest BCUT2D eigenvalue weighted by Crippen LogP contribution is 2.30. The number of piperidine rings is 2. The van der Waals surface area contributed by atoms with Crippen LogP contribution in [-0.2, 0) is 0 Å². The Morgan fingerprint density at radius 3 is 2.79 bits per heavy atom. The van der Waals surface area contributed by atoms with Gasteiger partial charge in [-0.05, 0) is 60.7 Å². The molecule has 19 heavy (non-hydrogen) atoms. The maximum absolute atomic E-state index is 6.23. The summed E-state index contributed by atoms with van der Waals surface area (Å²) in [5.74, 6) is 1.04. The largest absolute Gasteiger partial charge is 0.490 e. The summed E-state index contributed by atoms with van der Waals surface area (Å²) in [6.07, 6.45) is 6.75. The number of hydrogen-bond acceptors (Lipinski definition) is 3. The first-order valence-corrected chi connectivity index (χ1v) is 8.15. The third-order valence-electron chi connectivity index (χ3n) is 4.40. The van der Waals surface area contributed by atoms with E-state index in [0.29, 0.717) is 18.2 Å². The smallest absolute Gasteiger partial charge is 0.120 e. The molecule has 1 aromatic heterocycles. The zero-order valence-electron chi connectivity index (χ0n) is 11.0. The van der Waals surface area contributed by atoms with Crippen molar-refractivity contribution in [2.45, 2.75) is 50.3 Å². The van der Waals surface area contributed by atoms with Crippen molar-refractivity contribution in [3.05, 3.63) is 29.6 Å². The summed E-state index contributed by atoms with van der Waals surface area (Å²) < 4.78 is 7.58. The molecule has 2 saturated heterocycles.